The molecule has 0 atom stereocenters. The third-order valence-electron chi connectivity index (χ3n) is 5.83. The maximum absolute atomic E-state index is 13.1. The summed E-state index contributed by atoms with van der Waals surface area (Å²) in [5.41, 5.74) is 2.05. The summed E-state index contributed by atoms with van der Waals surface area (Å²) in [6.07, 6.45) is 1.44. The first kappa shape index (κ1) is 21.4. The maximum atomic E-state index is 13.1. The number of nitrogens with zero attached hydrogens (tertiary/aromatic N) is 1. The zero-order valence-electron chi connectivity index (χ0n) is 17.6. The number of thioether (sulfide) groups is 1. The molecule has 3 aromatic rings. The number of amides is 2. The van der Waals surface area contributed by atoms with E-state index in [-0.39, 0.29) is 17.7 Å². The van der Waals surface area contributed by atoms with Crippen LogP contribution in [-0.4, -0.2) is 42.1 Å². The van der Waals surface area contributed by atoms with E-state index in [1.807, 2.05) is 65.2 Å². The van der Waals surface area contributed by atoms with Crippen LogP contribution in [-0.2, 0) is 10.5 Å². The topological polar surface area (TPSA) is 49.4 Å². The number of carbonyl (C=O) groups excluding carboxylic acids is 2. The van der Waals surface area contributed by atoms with E-state index in [2.05, 4.69) is 29.6 Å². The number of benzene rings is 3. The predicted octanol–water partition coefficient (Wildman–Crippen LogP) is 4.74. The Morgan fingerprint density at radius 3 is 2.42 bits per heavy atom. The highest BCUT2D eigenvalue weighted by Gasteiger charge is 2.28. The standard InChI is InChI=1S/C26H28N2O2S/c29-25(27-15-18-31-19-20-7-2-1-3-8-20)22-13-16-28(17-14-22)26(30)24-12-6-10-21-9-4-5-11-23(21)24/h1-12,22H,13-19H2,(H,27,29). The van der Waals surface area contributed by atoms with E-state index in [0.29, 0.717) is 19.6 Å². The highest BCUT2D eigenvalue weighted by atomic mass is 32.2. The van der Waals surface area contributed by atoms with E-state index in [1.165, 1.54) is 5.56 Å². The molecule has 0 aromatic heterocycles. The van der Waals surface area contributed by atoms with Crippen molar-refractivity contribution in [2.75, 3.05) is 25.4 Å². The van der Waals surface area contributed by atoms with Crippen molar-refractivity contribution in [3.63, 3.8) is 0 Å². The predicted molar refractivity (Wildman–Crippen MR) is 128 cm³/mol. The normalized spacial score (nSPS) is 14.5. The quantitative estimate of drug-likeness (QED) is 0.549. The van der Waals surface area contributed by atoms with Gasteiger partial charge in [-0.05, 0) is 35.2 Å². The van der Waals surface area contributed by atoms with Crippen molar-refractivity contribution < 1.29 is 9.59 Å². The molecule has 160 valence electrons. The van der Waals surface area contributed by atoms with Crippen molar-refractivity contribution in [3.05, 3.63) is 83.9 Å². The molecule has 0 spiro atoms. The first-order chi connectivity index (χ1) is 15.2. The third-order valence-corrected chi connectivity index (χ3v) is 6.86. The van der Waals surface area contributed by atoms with Gasteiger partial charge in [0.1, 0.15) is 0 Å². The molecule has 1 saturated heterocycles. The highest BCUT2D eigenvalue weighted by Crippen LogP contribution is 2.23. The monoisotopic (exact) mass is 432 g/mol. The van der Waals surface area contributed by atoms with Crippen LogP contribution in [0.5, 0.6) is 0 Å². The lowest BCUT2D eigenvalue weighted by atomic mass is 9.95. The van der Waals surface area contributed by atoms with Gasteiger partial charge in [-0.15, -0.1) is 0 Å². The van der Waals surface area contributed by atoms with Gasteiger partial charge < -0.3 is 10.2 Å². The number of carbonyl (C=O) groups is 2. The summed E-state index contributed by atoms with van der Waals surface area (Å²) in [6, 6.07) is 24.2. The molecule has 1 fully saturated rings. The molecule has 1 heterocycles. The maximum Gasteiger partial charge on any atom is 0.254 e. The molecule has 0 aliphatic carbocycles. The van der Waals surface area contributed by atoms with E-state index < -0.39 is 0 Å². The van der Waals surface area contributed by atoms with Crippen LogP contribution in [0.25, 0.3) is 10.8 Å². The van der Waals surface area contributed by atoms with Crippen molar-refractivity contribution in [2.45, 2.75) is 18.6 Å². The molecular formula is C26H28N2O2S. The molecular weight excluding hydrogens is 404 g/mol. The Labute approximate surface area is 188 Å². The van der Waals surface area contributed by atoms with E-state index in [9.17, 15) is 9.59 Å². The van der Waals surface area contributed by atoms with Crippen molar-refractivity contribution >= 4 is 34.3 Å². The van der Waals surface area contributed by atoms with Gasteiger partial charge in [0.15, 0.2) is 0 Å². The van der Waals surface area contributed by atoms with Crippen LogP contribution in [0.2, 0.25) is 0 Å². The zero-order chi connectivity index (χ0) is 21.5. The lowest BCUT2D eigenvalue weighted by Crippen LogP contribution is -2.43. The average molecular weight is 433 g/mol. The third kappa shape index (κ3) is 5.47. The SMILES string of the molecule is O=C(NCCSCc1ccccc1)C1CCN(C(=O)c2cccc3ccccc23)CC1. The molecule has 0 radical (unpaired) electrons. The second-order valence-corrected chi connectivity index (χ2v) is 9.03. The van der Waals surface area contributed by atoms with Crippen LogP contribution in [0.3, 0.4) is 0 Å². The Hall–Kier alpha value is -2.79. The smallest absolute Gasteiger partial charge is 0.254 e. The Balaban J connectivity index is 1.22. The summed E-state index contributed by atoms with van der Waals surface area (Å²) in [7, 11) is 0. The lowest BCUT2D eigenvalue weighted by molar-refractivity contribution is -0.126. The molecule has 31 heavy (non-hydrogen) atoms. The van der Waals surface area contributed by atoms with Crippen LogP contribution in [0.4, 0.5) is 0 Å². The van der Waals surface area contributed by atoms with Gasteiger partial charge in [-0.25, -0.2) is 0 Å². The van der Waals surface area contributed by atoms with Crippen LogP contribution in [0.15, 0.2) is 72.8 Å². The van der Waals surface area contributed by atoms with E-state index in [0.717, 1.165) is 40.7 Å². The fraction of sp³-hybridized carbons (Fsp3) is 0.308. The van der Waals surface area contributed by atoms with E-state index >= 15 is 0 Å². The van der Waals surface area contributed by atoms with Gasteiger partial charge in [-0.1, -0.05) is 66.7 Å². The summed E-state index contributed by atoms with van der Waals surface area (Å²) in [6.45, 7) is 1.94. The molecule has 0 saturated carbocycles. The van der Waals surface area contributed by atoms with Crippen molar-refractivity contribution in [2.24, 2.45) is 5.92 Å². The number of fused-ring (bicyclic) bond motifs is 1. The van der Waals surface area contributed by atoms with Gasteiger partial charge in [0.05, 0.1) is 0 Å². The first-order valence-electron chi connectivity index (χ1n) is 10.9. The average Bonchev–Trinajstić information content (AvgIpc) is 2.83. The Morgan fingerprint density at radius 2 is 1.61 bits per heavy atom. The second-order valence-electron chi connectivity index (χ2n) is 7.92. The van der Waals surface area contributed by atoms with Crippen LogP contribution >= 0.6 is 11.8 Å². The van der Waals surface area contributed by atoms with Gasteiger partial charge >= 0.3 is 0 Å². The lowest BCUT2D eigenvalue weighted by Gasteiger charge is -2.31. The minimum absolute atomic E-state index is 0.00399. The molecule has 3 aromatic carbocycles. The van der Waals surface area contributed by atoms with E-state index in [1.54, 1.807) is 0 Å². The van der Waals surface area contributed by atoms with Gasteiger partial charge in [-0.3, -0.25) is 9.59 Å². The fourth-order valence-electron chi connectivity index (χ4n) is 4.08. The van der Waals surface area contributed by atoms with Gasteiger partial charge in [-0.2, -0.15) is 11.8 Å². The van der Waals surface area contributed by atoms with Crippen LogP contribution in [0.1, 0.15) is 28.8 Å². The molecule has 2 amide bonds. The largest absolute Gasteiger partial charge is 0.355 e. The molecule has 1 N–H and O–H groups in total. The number of hydrogen-bond donors (Lipinski definition) is 1. The molecule has 0 unspecified atom stereocenters. The Kier molecular flexibility index (Phi) is 7.26. The van der Waals surface area contributed by atoms with Crippen molar-refractivity contribution in [1.82, 2.24) is 10.2 Å². The molecule has 4 rings (SSSR count). The number of piperidine rings is 1. The molecule has 1 aliphatic heterocycles. The van der Waals surface area contributed by atoms with Gasteiger partial charge in [0.25, 0.3) is 5.91 Å². The molecule has 0 bridgehead atoms. The first-order valence-corrected chi connectivity index (χ1v) is 12.0. The molecule has 5 heteroatoms. The van der Waals surface area contributed by atoms with Gasteiger partial charge in [0, 0.05) is 42.6 Å². The fourth-order valence-corrected chi connectivity index (χ4v) is 4.90. The zero-order valence-corrected chi connectivity index (χ0v) is 18.4. The number of likely N-dealkylation sites (tertiary alicyclic amines) is 1. The van der Waals surface area contributed by atoms with Gasteiger partial charge in [0.2, 0.25) is 5.91 Å². The summed E-state index contributed by atoms with van der Waals surface area (Å²) in [4.78, 5) is 27.5. The minimum atomic E-state index is -0.00399. The highest BCUT2D eigenvalue weighted by molar-refractivity contribution is 7.98. The Morgan fingerprint density at radius 1 is 0.903 bits per heavy atom. The summed E-state index contributed by atoms with van der Waals surface area (Å²) in [5.74, 6) is 2.05. The summed E-state index contributed by atoms with van der Waals surface area (Å²) < 4.78 is 0. The number of rotatable bonds is 7. The molecule has 4 nitrogen and oxygen atoms in total. The number of nitrogens with one attached hydrogen (secondary N) is 1. The van der Waals surface area contributed by atoms with Crippen molar-refractivity contribution in [3.8, 4) is 0 Å². The van der Waals surface area contributed by atoms with E-state index in [4.69, 9.17) is 0 Å². The van der Waals surface area contributed by atoms with Crippen LogP contribution in [0, 0.1) is 5.92 Å². The minimum Gasteiger partial charge on any atom is -0.355 e. The summed E-state index contributed by atoms with van der Waals surface area (Å²) in [5, 5.41) is 5.14. The number of hydrogen-bond acceptors (Lipinski definition) is 3. The molecule has 1 aliphatic rings. The second kappa shape index (κ2) is 10.5. The van der Waals surface area contributed by atoms with Crippen molar-refractivity contribution in [1.29, 1.82) is 0 Å². The van der Waals surface area contributed by atoms with Crippen LogP contribution < -0.4 is 5.32 Å². The summed E-state index contributed by atoms with van der Waals surface area (Å²) >= 11 is 1.83. The Bertz CT molecular complexity index is 1020.